The van der Waals surface area contributed by atoms with Crippen LogP contribution in [0.5, 0.6) is 5.75 Å². The van der Waals surface area contributed by atoms with Crippen molar-refractivity contribution in [1.82, 2.24) is 15.2 Å². The highest BCUT2D eigenvalue weighted by atomic mass is 19.1. The van der Waals surface area contributed by atoms with Gasteiger partial charge in [-0.3, -0.25) is 9.89 Å². The topological polar surface area (TPSA) is 79.9 Å². The molecule has 1 amide bonds. The summed E-state index contributed by atoms with van der Waals surface area (Å²) >= 11 is 0. The summed E-state index contributed by atoms with van der Waals surface area (Å²) in [6, 6.07) is 8.91. The molecule has 5 atom stereocenters. The van der Waals surface area contributed by atoms with E-state index in [9.17, 15) is 9.18 Å². The van der Waals surface area contributed by atoms with Gasteiger partial charge in [-0.2, -0.15) is 5.10 Å². The number of ether oxygens (including phenoxy) is 1. The molecule has 0 aliphatic heterocycles. The van der Waals surface area contributed by atoms with E-state index in [1.165, 1.54) is 22.4 Å². The fraction of sp³-hybridized carbons (Fsp3) is 0.464. The first-order chi connectivity index (χ1) is 17.0. The van der Waals surface area contributed by atoms with Gasteiger partial charge in [0.1, 0.15) is 17.4 Å². The summed E-state index contributed by atoms with van der Waals surface area (Å²) in [5, 5.41) is 10.7. The molecule has 3 unspecified atom stereocenters. The van der Waals surface area contributed by atoms with Crippen molar-refractivity contribution >= 4 is 11.7 Å². The number of anilines is 1. The van der Waals surface area contributed by atoms with Crippen LogP contribution in [0.4, 0.5) is 10.2 Å². The standard InChI is InChI=1S/C28H31FN4O2/c1-28-12-11-20-19-7-4-17(29)13-16(19)3-6-21(20)26(28)22(23-15-31-33-27(23)28)8-10-25(34)32-24-9-5-18(35-2)14-30-24/h4-5,7,9,13-15,20-22,26H,3,6,8,10-12H2,1-2H3,(H,31,33)(H,30,32,34)/t20?,21?,22-,26?,28+/m1/s1. The Labute approximate surface area is 204 Å². The Morgan fingerprint density at radius 2 is 2.11 bits per heavy atom. The minimum absolute atomic E-state index is 0.0295. The second kappa shape index (κ2) is 8.47. The first kappa shape index (κ1) is 22.3. The molecule has 1 aromatic carbocycles. The molecule has 2 aromatic heterocycles. The lowest BCUT2D eigenvalue weighted by molar-refractivity contribution is -0.116. The molecule has 1 saturated carbocycles. The van der Waals surface area contributed by atoms with Gasteiger partial charge in [-0.05, 0) is 96.7 Å². The summed E-state index contributed by atoms with van der Waals surface area (Å²) in [4.78, 5) is 17.1. The molecule has 2 heterocycles. The van der Waals surface area contributed by atoms with Gasteiger partial charge in [0.25, 0.3) is 0 Å². The summed E-state index contributed by atoms with van der Waals surface area (Å²) in [5.41, 5.74) is 5.08. The van der Waals surface area contributed by atoms with Crippen LogP contribution in [-0.4, -0.2) is 28.2 Å². The predicted molar refractivity (Wildman–Crippen MR) is 131 cm³/mol. The summed E-state index contributed by atoms with van der Waals surface area (Å²) in [6.07, 6.45) is 8.94. The molecule has 6 nitrogen and oxygen atoms in total. The van der Waals surface area contributed by atoms with Gasteiger partial charge in [0.05, 0.1) is 19.5 Å². The van der Waals surface area contributed by atoms with Crippen molar-refractivity contribution in [2.75, 3.05) is 12.4 Å². The van der Waals surface area contributed by atoms with Gasteiger partial charge >= 0.3 is 0 Å². The zero-order valence-electron chi connectivity index (χ0n) is 20.2. The zero-order valence-corrected chi connectivity index (χ0v) is 20.2. The lowest BCUT2D eigenvalue weighted by Crippen LogP contribution is -2.44. The van der Waals surface area contributed by atoms with Crippen LogP contribution >= 0.6 is 0 Å². The molecule has 35 heavy (non-hydrogen) atoms. The zero-order chi connectivity index (χ0) is 24.2. The molecule has 1 fully saturated rings. The van der Waals surface area contributed by atoms with Gasteiger partial charge < -0.3 is 10.1 Å². The van der Waals surface area contributed by atoms with Crippen molar-refractivity contribution in [3.8, 4) is 5.75 Å². The molecule has 7 heteroatoms. The molecule has 3 aliphatic rings. The highest BCUT2D eigenvalue weighted by Crippen LogP contribution is 2.64. The summed E-state index contributed by atoms with van der Waals surface area (Å²) in [6.45, 7) is 2.38. The van der Waals surface area contributed by atoms with Crippen LogP contribution in [0.25, 0.3) is 0 Å². The van der Waals surface area contributed by atoms with E-state index in [2.05, 4.69) is 27.4 Å². The van der Waals surface area contributed by atoms with Crippen LogP contribution in [-0.2, 0) is 16.6 Å². The maximum absolute atomic E-state index is 13.9. The van der Waals surface area contributed by atoms with E-state index in [-0.39, 0.29) is 23.1 Å². The van der Waals surface area contributed by atoms with E-state index in [1.54, 1.807) is 37.6 Å². The monoisotopic (exact) mass is 474 g/mol. The average Bonchev–Trinajstić information content (AvgIpc) is 3.44. The number of fused-ring (bicyclic) bond motifs is 7. The van der Waals surface area contributed by atoms with E-state index < -0.39 is 0 Å². The number of aromatic nitrogens is 3. The number of pyridine rings is 1. The number of nitrogens with zero attached hydrogens (tertiary/aromatic N) is 2. The van der Waals surface area contributed by atoms with Crippen LogP contribution in [0.3, 0.4) is 0 Å². The van der Waals surface area contributed by atoms with Gasteiger partial charge in [0.15, 0.2) is 0 Å². The Bertz CT molecular complexity index is 1260. The summed E-state index contributed by atoms with van der Waals surface area (Å²) in [7, 11) is 1.59. The third kappa shape index (κ3) is 3.63. The van der Waals surface area contributed by atoms with Crippen LogP contribution in [0.1, 0.15) is 73.2 Å². The molecular formula is C28H31FN4O2. The van der Waals surface area contributed by atoms with Crippen LogP contribution in [0.15, 0.2) is 42.7 Å². The number of halogens is 1. The number of rotatable bonds is 5. The number of nitrogens with one attached hydrogen (secondary N) is 2. The number of aryl methyl sites for hydroxylation is 1. The summed E-state index contributed by atoms with van der Waals surface area (Å²) in [5.74, 6) is 2.71. The lowest BCUT2D eigenvalue weighted by Gasteiger charge is -2.50. The van der Waals surface area contributed by atoms with E-state index in [0.717, 1.165) is 32.1 Å². The minimum atomic E-state index is -0.139. The molecule has 0 bridgehead atoms. The van der Waals surface area contributed by atoms with E-state index in [4.69, 9.17) is 4.74 Å². The number of carbonyl (C=O) groups excluding carboxylic acids is 1. The minimum Gasteiger partial charge on any atom is -0.495 e. The Hall–Kier alpha value is -3.22. The van der Waals surface area contributed by atoms with Crippen molar-refractivity contribution < 1.29 is 13.9 Å². The quantitative estimate of drug-likeness (QED) is 0.513. The normalized spacial score (nSPS) is 28.4. The molecule has 0 radical (unpaired) electrons. The fourth-order valence-corrected chi connectivity index (χ4v) is 7.46. The molecule has 3 aliphatic carbocycles. The van der Waals surface area contributed by atoms with E-state index >= 15 is 0 Å². The number of benzene rings is 1. The smallest absolute Gasteiger partial charge is 0.225 e. The number of hydrogen-bond donors (Lipinski definition) is 2. The van der Waals surface area contributed by atoms with Crippen molar-refractivity contribution in [2.24, 2.45) is 11.8 Å². The first-order valence-corrected chi connectivity index (χ1v) is 12.6. The highest BCUT2D eigenvalue weighted by molar-refractivity contribution is 5.89. The number of H-pyrrole nitrogens is 1. The van der Waals surface area contributed by atoms with Crippen LogP contribution in [0, 0.1) is 17.7 Å². The maximum atomic E-state index is 13.9. The van der Waals surface area contributed by atoms with Crippen molar-refractivity contribution in [2.45, 2.75) is 62.7 Å². The van der Waals surface area contributed by atoms with Gasteiger partial charge in [-0.1, -0.05) is 13.0 Å². The molecule has 2 N–H and O–H groups in total. The predicted octanol–water partition coefficient (Wildman–Crippen LogP) is 5.48. The number of methoxy groups -OCH3 is 1. The fourth-order valence-electron chi connectivity index (χ4n) is 7.46. The SMILES string of the molecule is COc1ccc(NC(=O)CC[C@@H]2c3cn[nH]c3[C@@]3(C)CCC4c5ccc(F)cc5CCC4C23)nc1. The lowest BCUT2D eigenvalue weighted by atomic mass is 9.53. The largest absolute Gasteiger partial charge is 0.495 e. The van der Waals surface area contributed by atoms with Gasteiger partial charge in [0, 0.05) is 17.5 Å². The average molecular weight is 475 g/mol. The summed E-state index contributed by atoms with van der Waals surface area (Å²) < 4.78 is 19.0. The highest BCUT2D eigenvalue weighted by Gasteiger charge is 2.57. The number of carbonyl (C=O) groups is 1. The molecule has 0 spiro atoms. The third-order valence-corrected chi connectivity index (χ3v) is 8.93. The Morgan fingerprint density at radius 3 is 2.91 bits per heavy atom. The Balaban J connectivity index is 1.24. The number of hydrogen-bond acceptors (Lipinski definition) is 4. The number of amides is 1. The van der Waals surface area contributed by atoms with Gasteiger partial charge in [0.2, 0.25) is 5.91 Å². The van der Waals surface area contributed by atoms with Crippen LogP contribution in [0.2, 0.25) is 0 Å². The van der Waals surface area contributed by atoms with Crippen LogP contribution < -0.4 is 10.1 Å². The van der Waals surface area contributed by atoms with E-state index in [1.807, 2.05) is 12.3 Å². The third-order valence-electron chi connectivity index (χ3n) is 8.93. The Kier molecular flexibility index (Phi) is 5.38. The van der Waals surface area contributed by atoms with Crippen molar-refractivity contribution in [3.63, 3.8) is 0 Å². The number of aromatic amines is 1. The Morgan fingerprint density at radius 1 is 1.23 bits per heavy atom. The van der Waals surface area contributed by atoms with Crippen molar-refractivity contribution in [1.29, 1.82) is 0 Å². The second-order valence-corrected chi connectivity index (χ2v) is 10.6. The maximum Gasteiger partial charge on any atom is 0.225 e. The molecule has 6 rings (SSSR count). The van der Waals surface area contributed by atoms with Gasteiger partial charge in [-0.25, -0.2) is 9.37 Å². The molecule has 3 aromatic rings. The van der Waals surface area contributed by atoms with Gasteiger partial charge in [-0.15, -0.1) is 0 Å². The van der Waals surface area contributed by atoms with E-state index in [0.29, 0.717) is 35.7 Å². The van der Waals surface area contributed by atoms with Crippen molar-refractivity contribution in [3.05, 3.63) is 70.9 Å². The molecule has 182 valence electrons. The molecular weight excluding hydrogens is 443 g/mol. The second-order valence-electron chi connectivity index (χ2n) is 10.6. The molecule has 0 saturated heterocycles. The first-order valence-electron chi connectivity index (χ1n) is 12.6.